The van der Waals surface area contributed by atoms with E-state index in [1.807, 2.05) is 7.05 Å². The van der Waals surface area contributed by atoms with Crippen LogP contribution in [0.25, 0.3) is 0 Å². The van der Waals surface area contributed by atoms with Gasteiger partial charge in [0, 0.05) is 18.4 Å². The van der Waals surface area contributed by atoms with Crippen LogP contribution in [0.2, 0.25) is 0 Å². The van der Waals surface area contributed by atoms with Crippen molar-refractivity contribution in [3.8, 4) is 0 Å². The van der Waals surface area contributed by atoms with Crippen LogP contribution < -0.4 is 5.32 Å². The van der Waals surface area contributed by atoms with Crippen LogP contribution in [0.3, 0.4) is 0 Å². The van der Waals surface area contributed by atoms with E-state index in [1.165, 1.54) is 0 Å². The first-order chi connectivity index (χ1) is 8.19. The largest absolute Gasteiger partial charge is 0.339 e. The van der Waals surface area contributed by atoms with E-state index in [9.17, 15) is 0 Å². The average Bonchev–Trinajstić information content (AvgIpc) is 2.78. The Balaban J connectivity index is 0.00000162. The molecule has 0 radical (unpaired) electrons. The van der Waals surface area contributed by atoms with Gasteiger partial charge in [0.2, 0.25) is 5.89 Å². The second kappa shape index (κ2) is 7.07. The summed E-state index contributed by atoms with van der Waals surface area (Å²) in [5.74, 6) is 2.11. The van der Waals surface area contributed by atoms with E-state index in [0.29, 0.717) is 12.0 Å². The highest BCUT2D eigenvalue weighted by molar-refractivity contribution is 5.85. The molecule has 0 aromatic carbocycles. The lowest BCUT2D eigenvalue weighted by atomic mass is 9.97. The van der Waals surface area contributed by atoms with Crippen LogP contribution in [-0.2, 0) is 6.42 Å². The summed E-state index contributed by atoms with van der Waals surface area (Å²) in [6, 6.07) is 0.387. The highest BCUT2D eigenvalue weighted by Gasteiger charge is 2.23. The van der Waals surface area contributed by atoms with Gasteiger partial charge in [-0.1, -0.05) is 5.16 Å². The van der Waals surface area contributed by atoms with Crippen LogP contribution in [-0.4, -0.2) is 48.3 Å². The fourth-order valence-electron chi connectivity index (χ4n) is 2.15. The number of halogens is 1. The number of likely N-dealkylation sites (tertiary alicyclic amines) is 1. The van der Waals surface area contributed by atoms with Crippen molar-refractivity contribution in [2.75, 3.05) is 27.2 Å². The molecule has 1 N–H and O–H groups in total. The van der Waals surface area contributed by atoms with Crippen LogP contribution in [0.1, 0.15) is 37.4 Å². The third-order valence-corrected chi connectivity index (χ3v) is 3.53. The summed E-state index contributed by atoms with van der Waals surface area (Å²) < 4.78 is 5.38. The lowest BCUT2D eigenvalue weighted by Crippen LogP contribution is -2.29. The van der Waals surface area contributed by atoms with Crippen molar-refractivity contribution in [1.82, 2.24) is 20.4 Å². The summed E-state index contributed by atoms with van der Waals surface area (Å²) in [5.41, 5.74) is 0. The van der Waals surface area contributed by atoms with Crippen LogP contribution in [0.15, 0.2) is 4.52 Å². The average molecular weight is 275 g/mol. The molecule has 1 unspecified atom stereocenters. The highest BCUT2D eigenvalue weighted by Crippen LogP contribution is 2.25. The number of nitrogens with one attached hydrogen (secondary N) is 1. The number of piperidine rings is 1. The molecular weight excluding hydrogens is 252 g/mol. The Bertz CT molecular complexity index is 350. The number of hydrogen-bond donors (Lipinski definition) is 1. The summed E-state index contributed by atoms with van der Waals surface area (Å²) in [5, 5.41) is 7.24. The van der Waals surface area contributed by atoms with Crippen molar-refractivity contribution in [2.24, 2.45) is 0 Å². The zero-order valence-electron chi connectivity index (χ0n) is 11.3. The van der Waals surface area contributed by atoms with Gasteiger partial charge in [-0.15, -0.1) is 12.4 Å². The molecule has 0 bridgehead atoms. The molecule has 0 saturated carbocycles. The highest BCUT2D eigenvalue weighted by atomic mass is 35.5. The molecule has 1 aromatic heterocycles. The first-order valence-corrected chi connectivity index (χ1v) is 6.37. The molecular formula is C12H23ClN4O. The Morgan fingerprint density at radius 3 is 2.72 bits per heavy atom. The van der Waals surface area contributed by atoms with E-state index in [4.69, 9.17) is 4.52 Å². The van der Waals surface area contributed by atoms with E-state index in [0.717, 1.165) is 44.1 Å². The van der Waals surface area contributed by atoms with Gasteiger partial charge in [-0.3, -0.25) is 0 Å². The van der Waals surface area contributed by atoms with Gasteiger partial charge >= 0.3 is 0 Å². The monoisotopic (exact) mass is 274 g/mol. The Hall–Kier alpha value is -0.650. The molecule has 1 aromatic rings. The molecule has 5 nitrogen and oxygen atoms in total. The first kappa shape index (κ1) is 15.4. The maximum atomic E-state index is 5.38. The van der Waals surface area contributed by atoms with Gasteiger partial charge in [0.05, 0.1) is 0 Å². The molecule has 0 amide bonds. The number of aromatic nitrogens is 2. The minimum atomic E-state index is 0. The maximum absolute atomic E-state index is 5.38. The third-order valence-electron chi connectivity index (χ3n) is 3.53. The van der Waals surface area contributed by atoms with Gasteiger partial charge in [-0.25, -0.2) is 0 Å². The second-order valence-corrected chi connectivity index (χ2v) is 5.02. The van der Waals surface area contributed by atoms with Crippen molar-refractivity contribution < 1.29 is 4.52 Å². The van der Waals surface area contributed by atoms with E-state index in [-0.39, 0.29) is 12.4 Å². The van der Waals surface area contributed by atoms with Crippen molar-refractivity contribution in [3.63, 3.8) is 0 Å². The first-order valence-electron chi connectivity index (χ1n) is 6.37. The zero-order chi connectivity index (χ0) is 12.3. The molecule has 1 atom stereocenters. The Kier molecular flexibility index (Phi) is 6.05. The van der Waals surface area contributed by atoms with Gasteiger partial charge in [-0.2, -0.15) is 4.98 Å². The fraction of sp³-hybridized carbons (Fsp3) is 0.833. The standard InChI is InChI=1S/C12H22N4O.ClH/c1-9(13-2)8-11-14-12(17-15-11)10-4-6-16(3)7-5-10;/h9-10,13H,4-8H2,1-3H3;1H. The molecule has 1 saturated heterocycles. The van der Waals surface area contributed by atoms with Crippen LogP contribution in [0.4, 0.5) is 0 Å². The Labute approximate surface area is 115 Å². The summed E-state index contributed by atoms with van der Waals surface area (Å²) in [6.07, 6.45) is 3.08. The number of nitrogens with zero attached hydrogens (tertiary/aromatic N) is 3. The van der Waals surface area contributed by atoms with Crippen molar-refractivity contribution in [1.29, 1.82) is 0 Å². The molecule has 1 aliphatic heterocycles. The number of rotatable bonds is 4. The minimum Gasteiger partial charge on any atom is -0.339 e. The summed E-state index contributed by atoms with van der Waals surface area (Å²) in [4.78, 5) is 6.85. The Morgan fingerprint density at radius 2 is 2.11 bits per heavy atom. The molecule has 2 rings (SSSR count). The van der Waals surface area contributed by atoms with E-state index >= 15 is 0 Å². The minimum absolute atomic E-state index is 0. The molecule has 1 aliphatic rings. The lowest BCUT2D eigenvalue weighted by Gasteiger charge is -2.26. The van der Waals surface area contributed by atoms with E-state index in [1.54, 1.807) is 0 Å². The van der Waals surface area contributed by atoms with Crippen molar-refractivity contribution >= 4 is 12.4 Å². The SMILES string of the molecule is CNC(C)Cc1noc(C2CCN(C)CC2)n1.Cl. The number of likely N-dealkylation sites (N-methyl/N-ethyl adjacent to an activating group) is 1. The van der Waals surface area contributed by atoms with Gasteiger partial charge in [-0.05, 0) is 47.0 Å². The van der Waals surface area contributed by atoms with Crippen LogP contribution >= 0.6 is 12.4 Å². The zero-order valence-corrected chi connectivity index (χ0v) is 12.2. The van der Waals surface area contributed by atoms with Crippen molar-refractivity contribution in [2.45, 2.75) is 38.1 Å². The van der Waals surface area contributed by atoms with Crippen molar-refractivity contribution in [3.05, 3.63) is 11.7 Å². The van der Waals surface area contributed by atoms with Gasteiger partial charge in [0.1, 0.15) is 0 Å². The molecule has 1 fully saturated rings. The smallest absolute Gasteiger partial charge is 0.229 e. The quantitative estimate of drug-likeness (QED) is 0.901. The molecule has 18 heavy (non-hydrogen) atoms. The van der Waals surface area contributed by atoms with Gasteiger partial charge in [0.25, 0.3) is 0 Å². The lowest BCUT2D eigenvalue weighted by molar-refractivity contribution is 0.227. The molecule has 6 heteroatoms. The van der Waals surface area contributed by atoms with E-state index in [2.05, 4.69) is 34.3 Å². The molecule has 0 aliphatic carbocycles. The normalized spacial score (nSPS) is 19.5. The van der Waals surface area contributed by atoms with Crippen LogP contribution in [0.5, 0.6) is 0 Å². The van der Waals surface area contributed by atoms with E-state index < -0.39 is 0 Å². The fourth-order valence-corrected chi connectivity index (χ4v) is 2.15. The predicted octanol–water partition coefficient (Wildman–Crippen LogP) is 1.45. The maximum Gasteiger partial charge on any atom is 0.229 e. The molecule has 104 valence electrons. The summed E-state index contributed by atoms with van der Waals surface area (Å²) in [6.45, 7) is 4.36. The number of hydrogen-bond acceptors (Lipinski definition) is 5. The molecule has 0 spiro atoms. The Morgan fingerprint density at radius 1 is 1.44 bits per heavy atom. The molecule has 2 heterocycles. The summed E-state index contributed by atoms with van der Waals surface area (Å²) in [7, 11) is 4.10. The third kappa shape index (κ3) is 3.93. The van der Waals surface area contributed by atoms with Gasteiger partial charge in [0.15, 0.2) is 5.82 Å². The second-order valence-electron chi connectivity index (χ2n) is 5.02. The topological polar surface area (TPSA) is 54.2 Å². The van der Waals surface area contributed by atoms with Gasteiger partial charge < -0.3 is 14.7 Å². The van der Waals surface area contributed by atoms with Crippen LogP contribution in [0, 0.1) is 0 Å². The summed E-state index contributed by atoms with van der Waals surface area (Å²) >= 11 is 0. The predicted molar refractivity (Wildman–Crippen MR) is 73.2 cm³/mol.